The number of thioether (sulfide) groups is 1. The van der Waals surface area contributed by atoms with Crippen molar-refractivity contribution < 1.29 is 18.3 Å². The molecule has 1 N–H and O–H groups in total. The monoisotopic (exact) mass is 408 g/mol. The Kier molecular flexibility index (Phi) is 5.82. The normalized spacial score (nSPS) is 18.1. The maximum atomic E-state index is 12.8. The molecule has 1 aromatic carbocycles. The van der Waals surface area contributed by atoms with Gasteiger partial charge in [0.1, 0.15) is 22.5 Å². The highest BCUT2D eigenvalue weighted by Gasteiger charge is 2.31. The van der Waals surface area contributed by atoms with Crippen molar-refractivity contribution in [2.45, 2.75) is 36.2 Å². The highest BCUT2D eigenvalue weighted by Crippen LogP contribution is 2.38. The van der Waals surface area contributed by atoms with E-state index in [1.165, 1.54) is 11.8 Å². The second-order valence-electron chi connectivity index (χ2n) is 6.84. The van der Waals surface area contributed by atoms with Gasteiger partial charge in [-0.25, -0.2) is 0 Å². The molecule has 1 aromatic heterocycles. The second-order valence-corrected chi connectivity index (χ2v) is 8.13. The fraction of sp³-hybridized carbons (Fsp3) is 0.421. The molecule has 9 heteroatoms. The number of halogens is 3. The summed E-state index contributed by atoms with van der Waals surface area (Å²) in [5.74, 6) is -0.551. The minimum Gasteiger partial charge on any atom is -0.507 e. The van der Waals surface area contributed by atoms with E-state index in [1.54, 1.807) is 6.92 Å². The van der Waals surface area contributed by atoms with Gasteiger partial charge in [0, 0.05) is 17.4 Å². The van der Waals surface area contributed by atoms with E-state index in [0.717, 1.165) is 38.1 Å². The Bertz CT molecular complexity index is 927. The third kappa shape index (κ3) is 4.23. The smallest absolute Gasteiger partial charge is 0.416 e. The lowest BCUT2D eigenvalue weighted by Gasteiger charge is -2.29. The average molecular weight is 408 g/mol. The van der Waals surface area contributed by atoms with Gasteiger partial charge < -0.3 is 10.0 Å². The van der Waals surface area contributed by atoms with Crippen LogP contribution in [0, 0.1) is 18.3 Å². The molecule has 148 valence electrons. The largest absolute Gasteiger partial charge is 0.507 e. The third-order valence-corrected chi connectivity index (χ3v) is 5.96. The SMILES string of the molecule is Cc1c(-c2ccc(C(F)(F)F)cc2O)nnc(S[C@@H]2CCCN(C)C2)c1C#N. The molecule has 5 nitrogen and oxygen atoms in total. The van der Waals surface area contributed by atoms with Crippen molar-refractivity contribution in [2.75, 3.05) is 20.1 Å². The number of aromatic hydroxyl groups is 1. The summed E-state index contributed by atoms with van der Waals surface area (Å²) >= 11 is 1.50. The number of rotatable bonds is 3. The highest BCUT2D eigenvalue weighted by molar-refractivity contribution is 8.00. The van der Waals surface area contributed by atoms with Crippen LogP contribution in [0.3, 0.4) is 0 Å². The lowest BCUT2D eigenvalue weighted by molar-refractivity contribution is -0.137. The molecule has 2 aromatic rings. The molecule has 0 aliphatic carbocycles. The Morgan fingerprint density at radius 3 is 2.68 bits per heavy atom. The van der Waals surface area contributed by atoms with Crippen LogP contribution in [0.2, 0.25) is 0 Å². The van der Waals surface area contributed by atoms with Crippen LogP contribution in [0.15, 0.2) is 23.2 Å². The molecule has 1 saturated heterocycles. The molecule has 0 saturated carbocycles. The van der Waals surface area contributed by atoms with Gasteiger partial charge in [0.25, 0.3) is 0 Å². The van der Waals surface area contributed by atoms with Crippen LogP contribution in [0.25, 0.3) is 11.3 Å². The molecule has 0 radical (unpaired) electrons. The van der Waals surface area contributed by atoms with Gasteiger partial charge in [-0.3, -0.25) is 0 Å². The Morgan fingerprint density at radius 2 is 2.07 bits per heavy atom. The van der Waals surface area contributed by atoms with E-state index >= 15 is 0 Å². The highest BCUT2D eigenvalue weighted by atomic mass is 32.2. The van der Waals surface area contributed by atoms with Crippen LogP contribution in [-0.2, 0) is 6.18 Å². The zero-order valence-electron chi connectivity index (χ0n) is 15.4. The number of piperidine rings is 1. The summed E-state index contributed by atoms with van der Waals surface area (Å²) in [7, 11) is 2.05. The van der Waals surface area contributed by atoms with Crippen LogP contribution in [-0.4, -0.2) is 45.6 Å². The number of benzene rings is 1. The zero-order valence-corrected chi connectivity index (χ0v) is 16.2. The standard InChI is InChI=1S/C19H19F3N4OS/c1-11-15(9-23)18(28-13-4-3-7-26(2)10-13)25-24-17(11)14-6-5-12(8-16(14)27)19(20,21)22/h5-6,8,13,27H,3-4,7,10H2,1-2H3/t13-/m1/s1. The van der Waals surface area contributed by atoms with Crippen LogP contribution >= 0.6 is 11.8 Å². The Morgan fingerprint density at radius 1 is 1.32 bits per heavy atom. The van der Waals surface area contributed by atoms with Crippen molar-refractivity contribution in [3.8, 4) is 23.1 Å². The lowest BCUT2D eigenvalue weighted by atomic mass is 10.0. The molecule has 1 fully saturated rings. The predicted octanol–water partition coefficient (Wildman–Crippen LogP) is 4.23. The van der Waals surface area contributed by atoms with E-state index < -0.39 is 17.5 Å². The first-order chi connectivity index (χ1) is 13.2. The van der Waals surface area contributed by atoms with E-state index in [1.807, 2.05) is 7.05 Å². The second kappa shape index (κ2) is 7.97. The van der Waals surface area contributed by atoms with Crippen molar-refractivity contribution in [2.24, 2.45) is 0 Å². The summed E-state index contributed by atoms with van der Waals surface area (Å²) in [6, 6.07) is 4.82. The number of likely N-dealkylation sites (tertiary alicyclic amines) is 1. The first kappa shape index (κ1) is 20.4. The summed E-state index contributed by atoms with van der Waals surface area (Å²) < 4.78 is 38.4. The number of nitrogens with zero attached hydrogens (tertiary/aromatic N) is 4. The van der Waals surface area contributed by atoms with Crippen molar-refractivity contribution in [3.63, 3.8) is 0 Å². The number of aromatic nitrogens is 2. The maximum Gasteiger partial charge on any atom is 0.416 e. The molecular formula is C19H19F3N4OS. The Labute approximate surface area is 165 Å². The van der Waals surface area contributed by atoms with Crippen molar-refractivity contribution in [1.82, 2.24) is 15.1 Å². The van der Waals surface area contributed by atoms with Gasteiger partial charge in [-0.2, -0.15) is 18.4 Å². The summed E-state index contributed by atoms with van der Waals surface area (Å²) in [5, 5.41) is 28.8. The van der Waals surface area contributed by atoms with E-state index in [2.05, 4.69) is 21.2 Å². The van der Waals surface area contributed by atoms with Crippen molar-refractivity contribution >= 4 is 11.8 Å². The maximum absolute atomic E-state index is 12.8. The molecule has 0 spiro atoms. The van der Waals surface area contributed by atoms with Crippen molar-refractivity contribution in [3.05, 3.63) is 34.9 Å². The van der Waals surface area contributed by atoms with Gasteiger partial charge in [0.05, 0.1) is 11.1 Å². The van der Waals surface area contributed by atoms with E-state index in [4.69, 9.17) is 0 Å². The number of phenols is 1. The van der Waals surface area contributed by atoms with Crippen LogP contribution in [0.4, 0.5) is 13.2 Å². The van der Waals surface area contributed by atoms with E-state index in [-0.39, 0.29) is 11.3 Å². The van der Waals surface area contributed by atoms with Crippen LogP contribution < -0.4 is 0 Å². The first-order valence-electron chi connectivity index (χ1n) is 8.74. The topological polar surface area (TPSA) is 73.0 Å². The number of hydrogen-bond acceptors (Lipinski definition) is 6. The Hall–Kier alpha value is -2.31. The fourth-order valence-corrected chi connectivity index (χ4v) is 4.58. The predicted molar refractivity (Wildman–Crippen MR) is 100.0 cm³/mol. The molecule has 0 amide bonds. The van der Waals surface area contributed by atoms with Gasteiger partial charge in [0.2, 0.25) is 0 Å². The number of nitriles is 1. The van der Waals surface area contributed by atoms with Crippen LogP contribution in [0.5, 0.6) is 5.75 Å². The number of hydrogen-bond donors (Lipinski definition) is 1. The van der Waals surface area contributed by atoms with Crippen molar-refractivity contribution in [1.29, 1.82) is 5.26 Å². The summed E-state index contributed by atoms with van der Waals surface area (Å²) in [6.07, 6.45) is -2.47. The quantitative estimate of drug-likeness (QED) is 0.819. The Balaban J connectivity index is 1.95. The molecule has 1 aliphatic rings. The molecule has 28 heavy (non-hydrogen) atoms. The van der Waals surface area contributed by atoms with E-state index in [9.17, 15) is 23.5 Å². The number of phenolic OH excluding ortho intramolecular Hbond substituents is 1. The van der Waals surface area contributed by atoms with Gasteiger partial charge in [-0.1, -0.05) is 11.8 Å². The van der Waals surface area contributed by atoms with Gasteiger partial charge in [-0.05, 0) is 57.1 Å². The minimum atomic E-state index is -4.55. The fourth-order valence-electron chi connectivity index (χ4n) is 3.25. The molecular weight excluding hydrogens is 389 g/mol. The molecule has 0 unspecified atom stereocenters. The molecule has 2 heterocycles. The summed E-state index contributed by atoms with van der Waals surface area (Å²) in [6.45, 7) is 3.59. The summed E-state index contributed by atoms with van der Waals surface area (Å²) in [5.41, 5.74) is 0.187. The lowest BCUT2D eigenvalue weighted by Crippen LogP contribution is -2.33. The average Bonchev–Trinajstić information content (AvgIpc) is 2.62. The van der Waals surface area contributed by atoms with E-state index in [0.29, 0.717) is 27.5 Å². The van der Waals surface area contributed by atoms with Gasteiger partial charge in [-0.15, -0.1) is 10.2 Å². The minimum absolute atomic E-state index is 0.114. The third-order valence-electron chi connectivity index (χ3n) is 4.74. The molecule has 3 rings (SSSR count). The van der Waals surface area contributed by atoms with Gasteiger partial charge in [0.15, 0.2) is 0 Å². The molecule has 1 aliphatic heterocycles. The summed E-state index contributed by atoms with van der Waals surface area (Å²) in [4.78, 5) is 2.22. The van der Waals surface area contributed by atoms with Crippen LogP contribution in [0.1, 0.15) is 29.5 Å². The molecule has 1 atom stereocenters. The van der Waals surface area contributed by atoms with Gasteiger partial charge >= 0.3 is 6.18 Å². The molecule has 0 bridgehead atoms. The zero-order chi connectivity index (χ0) is 20.5. The number of alkyl halides is 3. The first-order valence-corrected chi connectivity index (χ1v) is 9.62.